The number of hydrogen-bond acceptors (Lipinski definition) is 2. The molecule has 0 atom stereocenters. The summed E-state index contributed by atoms with van der Waals surface area (Å²) in [5.74, 6) is 0. The Hall–Kier alpha value is -3.11. The number of piperidine rings is 1. The van der Waals surface area contributed by atoms with Crippen molar-refractivity contribution in [1.29, 1.82) is 0 Å². The zero-order valence-corrected chi connectivity index (χ0v) is 18.7. The van der Waals surface area contributed by atoms with E-state index in [1.54, 1.807) is 0 Å². The van der Waals surface area contributed by atoms with E-state index >= 15 is 0 Å². The van der Waals surface area contributed by atoms with Gasteiger partial charge >= 0.3 is 6.03 Å². The van der Waals surface area contributed by atoms with Crippen LogP contribution in [0.1, 0.15) is 35.1 Å². The van der Waals surface area contributed by atoms with E-state index in [2.05, 4.69) is 94.8 Å². The molecule has 2 fully saturated rings. The van der Waals surface area contributed by atoms with Crippen molar-refractivity contribution in [3.63, 3.8) is 0 Å². The molecule has 0 radical (unpaired) electrons. The fourth-order valence-electron chi connectivity index (χ4n) is 5.31. The van der Waals surface area contributed by atoms with Crippen LogP contribution in [0.3, 0.4) is 0 Å². The maximum Gasteiger partial charge on any atom is 0.318 e. The van der Waals surface area contributed by atoms with Crippen LogP contribution in [0, 0.1) is 6.92 Å². The summed E-state index contributed by atoms with van der Waals surface area (Å²) in [7, 11) is 0. The molecule has 2 aliphatic heterocycles. The van der Waals surface area contributed by atoms with Crippen molar-refractivity contribution in [3.05, 3.63) is 107 Å². The molecular formula is C28H31N3O. The van der Waals surface area contributed by atoms with Gasteiger partial charge in [-0.3, -0.25) is 4.90 Å². The zero-order chi connectivity index (χ0) is 22.0. The number of carbonyl (C=O) groups is 1. The van der Waals surface area contributed by atoms with E-state index < -0.39 is 5.54 Å². The van der Waals surface area contributed by atoms with Crippen LogP contribution in [0.15, 0.2) is 84.9 Å². The molecule has 0 spiro atoms. The van der Waals surface area contributed by atoms with Gasteiger partial charge in [0.15, 0.2) is 0 Å². The molecule has 4 heteroatoms. The maximum absolute atomic E-state index is 13.2. The number of nitrogens with zero attached hydrogens (tertiary/aromatic N) is 2. The van der Waals surface area contributed by atoms with Crippen LogP contribution >= 0.6 is 0 Å². The molecule has 5 rings (SSSR count). The first-order valence-corrected chi connectivity index (χ1v) is 11.6. The second-order valence-corrected chi connectivity index (χ2v) is 9.19. The van der Waals surface area contributed by atoms with Crippen molar-refractivity contribution >= 4 is 6.03 Å². The lowest BCUT2D eigenvalue weighted by atomic mass is 9.83. The monoisotopic (exact) mass is 425 g/mol. The zero-order valence-electron chi connectivity index (χ0n) is 18.7. The van der Waals surface area contributed by atoms with Crippen LogP contribution in [0.4, 0.5) is 4.79 Å². The highest BCUT2D eigenvalue weighted by molar-refractivity contribution is 5.80. The summed E-state index contributed by atoms with van der Waals surface area (Å²) >= 11 is 0. The Balaban J connectivity index is 1.32. The molecule has 2 amide bonds. The number of urea groups is 1. The van der Waals surface area contributed by atoms with Gasteiger partial charge in [0.25, 0.3) is 0 Å². The summed E-state index contributed by atoms with van der Waals surface area (Å²) in [4.78, 5) is 17.8. The molecule has 3 aromatic carbocycles. The van der Waals surface area contributed by atoms with Gasteiger partial charge in [0, 0.05) is 25.7 Å². The quantitative estimate of drug-likeness (QED) is 0.629. The molecule has 1 N–H and O–H groups in total. The van der Waals surface area contributed by atoms with E-state index in [9.17, 15) is 4.79 Å². The first-order chi connectivity index (χ1) is 15.6. The highest BCUT2D eigenvalue weighted by atomic mass is 16.2. The van der Waals surface area contributed by atoms with Crippen LogP contribution < -0.4 is 5.32 Å². The van der Waals surface area contributed by atoms with Crippen molar-refractivity contribution in [3.8, 4) is 0 Å². The molecule has 2 saturated heterocycles. The molecule has 164 valence electrons. The van der Waals surface area contributed by atoms with Crippen LogP contribution in [-0.2, 0) is 12.1 Å². The minimum Gasteiger partial charge on any atom is -0.323 e. The smallest absolute Gasteiger partial charge is 0.318 e. The van der Waals surface area contributed by atoms with E-state index in [1.807, 2.05) is 12.1 Å². The standard InChI is InChI=1S/C28H31N3O/c1-22-9-8-10-23(19-22)20-30-17-15-26(16-18-30)31-21-28(29-27(31)32,24-11-4-2-5-12-24)25-13-6-3-7-14-25/h2-14,19,26H,15-18,20-21H2,1H3,(H,29,32). The highest BCUT2D eigenvalue weighted by Crippen LogP contribution is 2.36. The predicted octanol–water partition coefficient (Wildman–Crippen LogP) is 4.93. The normalized spacial score (nSPS) is 19.2. The van der Waals surface area contributed by atoms with E-state index in [0.29, 0.717) is 6.54 Å². The molecule has 4 nitrogen and oxygen atoms in total. The summed E-state index contributed by atoms with van der Waals surface area (Å²) < 4.78 is 0. The van der Waals surface area contributed by atoms with E-state index in [4.69, 9.17) is 0 Å². The minimum atomic E-state index is -0.502. The lowest BCUT2D eigenvalue weighted by Gasteiger charge is -2.37. The van der Waals surface area contributed by atoms with Crippen LogP contribution in [0.2, 0.25) is 0 Å². The van der Waals surface area contributed by atoms with Crippen LogP contribution in [0.25, 0.3) is 0 Å². The Morgan fingerprint density at radius 3 is 2.09 bits per heavy atom. The Morgan fingerprint density at radius 2 is 1.50 bits per heavy atom. The fourth-order valence-corrected chi connectivity index (χ4v) is 5.31. The molecule has 2 heterocycles. The molecule has 32 heavy (non-hydrogen) atoms. The second kappa shape index (κ2) is 8.79. The van der Waals surface area contributed by atoms with Crippen molar-refractivity contribution in [1.82, 2.24) is 15.1 Å². The molecule has 2 aliphatic rings. The SMILES string of the molecule is Cc1cccc(CN2CCC(N3CC(c4ccccc4)(c4ccccc4)NC3=O)CC2)c1. The molecule has 0 aliphatic carbocycles. The summed E-state index contributed by atoms with van der Waals surface area (Å²) in [5, 5.41) is 3.38. The Labute approximate surface area is 190 Å². The number of benzene rings is 3. The minimum absolute atomic E-state index is 0.0508. The molecule has 0 unspecified atom stereocenters. The number of amides is 2. The van der Waals surface area contributed by atoms with Crippen LogP contribution in [0.5, 0.6) is 0 Å². The predicted molar refractivity (Wildman–Crippen MR) is 128 cm³/mol. The lowest BCUT2D eigenvalue weighted by molar-refractivity contribution is 0.129. The van der Waals surface area contributed by atoms with E-state index in [1.165, 1.54) is 11.1 Å². The topological polar surface area (TPSA) is 35.6 Å². The Morgan fingerprint density at radius 1 is 0.875 bits per heavy atom. The summed E-state index contributed by atoms with van der Waals surface area (Å²) in [6.07, 6.45) is 2.03. The maximum atomic E-state index is 13.2. The number of aryl methyl sites for hydroxylation is 1. The van der Waals surface area contributed by atoms with Gasteiger partial charge in [-0.2, -0.15) is 0 Å². The van der Waals surface area contributed by atoms with Gasteiger partial charge in [-0.1, -0.05) is 90.5 Å². The molecule has 0 saturated carbocycles. The number of nitrogens with one attached hydrogen (secondary N) is 1. The third-order valence-electron chi connectivity index (χ3n) is 7.01. The largest absolute Gasteiger partial charge is 0.323 e. The van der Waals surface area contributed by atoms with E-state index in [-0.39, 0.29) is 12.1 Å². The average molecular weight is 426 g/mol. The molecular weight excluding hydrogens is 394 g/mol. The second-order valence-electron chi connectivity index (χ2n) is 9.19. The van der Waals surface area contributed by atoms with E-state index in [0.717, 1.165) is 43.6 Å². The first-order valence-electron chi connectivity index (χ1n) is 11.6. The van der Waals surface area contributed by atoms with Gasteiger partial charge in [-0.05, 0) is 36.5 Å². The third-order valence-corrected chi connectivity index (χ3v) is 7.01. The highest BCUT2D eigenvalue weighted by Gasteiger charge is 2.47. The summed E-state index contributed by atoms with van der Waals surface area (Å²) in [5.41, 5.74) is 4.45. The fraction of sp³-hybridized carbons (Fsp3) is 0.321. The first kappa shape index (κ1) is 20.8. The number of hydrogen-bond donors (Lipinski definition) is 1. The lowest BCUT2D eigenvalue weighted by Crippen LogP contribution is -2.46. The molecule has 0 aromatic heterocycles. The Kier molecular flexibility index (Phi) is 5.71. The summed E-state index contributed by atoms with van der Waals surface area (Å²) in [6, 6.07) is 29.9. The number of rotatable bonds is 5. The Bertz CT molecular complexity index is 1020. The van der Waals surface area contributed by atoms with Gasteiger partial charge in [0.05, 0.1) is 6.54 Å². The average Bonchev–Trinajstić information content (AvgIpc) is 3.19. The van der Waals surface area contributed by atoms with Gasteiger partial charge in [-0.15, -0.1) is 0 Å². The number of carbonyl (C=O) groups excluding carboxylic acids is 1. The van der Waals surface area contributed by atoms with Crippen molar-refractivity contribution < 1.29 is 4.79 Å². The molecule has 3 aromatic rings. The van der Waals surface area contributed by atoms with Gasteiger partial charge in [0.1, 0.15) is 5.54 Å². The van der Waals surface area contributed by atoms with Gasteiger partial charge in [0.2, 0.25) is 0 Å². The van der Waals surface area contributed by atoms with Gasteiger partial charge in [-0.25, -0.2) is 4.79 Å². The van der Waals surface area contributed by atoms with Gasteiger partial charge < -0.3 is 10.2 Å². The van der Waals surface area contributed by atoms with Crippen LogP contribution in [-0.4, -0.2) is 41.5 Å². The van der Waals surface area contributed by atoms with Crippen molar-refractivity contribution in [2.24, 2.45) is 0 Å². The van der Waals surface area contributed by atoms with Crippen molar-refractivity contribution in [2.75, 3.05) is 19.6 Å². The summed E-state index contributed by atoms with van der Waals surface area (Å²) in [6.45, 7) is 5.84. The third kappa shape index (κ3) is 4.03. The molecule has 0 bridgehead atoms. The van der Waals surface area contributed by atoms with Crippen molar-refractivity contribution in [2.45, 2.75) is 37.9 Å². The number of likely N-dealkylation sites (tertiary alicyclic amines) is 1.